The number of carbonyl (C=O) groups excluding carboxylic acids is 1. The summed E-state index contributed by atoms with van der Waals surface area (Å²) in [5.41, 5.74) is 0.962. The summed E-state index contributed by atoms with van der Waals surface area (Å²) in [5.74, 6) is 0.270. The number of rotatable bonds is 7. The van der Waals surface area contributed by atoms with Crippen LogP contribution in [0.2, 0.25) is 0 Å². The zero-order valence-electron chi connectivity index (χ0n) is 14.7. The molecule has 1 unspecified atom stereocenters. The lowest BCUT2D eigenvalue weighted by Crippen LogP contribution is -2.46. The monoisotopic (exact) mass is 336 g/mol. The second-order valence-electron chi connectivity index (χ2n) is 6.94. The van der Waals surface area contributed by atoms with Crippen molar-refractivity contribution in [2.24, 2.45) is 5.92 Å². The first-order chi connectivity index (χ1) is 11.5. The van der Waals surface area contributed by atoms with Gasteiger partial charge in [0.2, 0.25) is 5.91 Å². The maximum atomic E-state index is 13.1. The van der Waals surface area contributed by atoms with Gasteiger partial charge in [0.15, 0.2) is 0 Å². The highest BCUT2D eigenvalue weighted by molar-refractivity contribution is 5.77. The summed E-state index contributed by atoms with van der Waals surface area (Å²) in [6, 6.07) is 6.56. The van der Waals surface area contributed by atoms with Gasteiger partial charge < -0.3 is 14.9 Å². The zero-order valence-corrected chi connectivity index (χ0v) is 14.7. The highest BCUT2D eigenvalue weighted by Crippen LogP contribution is 2.21. The number of amides is 1. The molecule has 0 saturated carbocycles. The third-order valence-corrected chi connectivity index (χ3v) is 4.73. The molecule has 24 heavy (non-hydrogen) atoms. The van der Waals surface area contributed by atoms with Gasteiger partial charge in [0.25, 0.3) is 0 Å². The van der Waals surface area contributed by atoms with Crippen LogP contribution in [0.25, 0.3) is 0 Å². The van der Waals surface area contributed by atoms with Crippen LogP contribution in [-0.2, 0) is 11.3 Å². The van der Waals surface area contributed by atoms with Crippen LogP contribution in [0.3, 0.4) is 0 Å². The van der Waals surface area contributed by atoms with Crippen LogP contribution < -0.4 is 0 Å². The average molecular weight is 336 g/mol. The van der Waals surface area contributed by atoms with Crippen molar-refractivity contribution in [2.75, 3.05) is 26.2 Å². The van der Waals surface area contributed by atoms with E-state index < -0.39 is 0 Å². The molecule has 2 rings (SSSR count). The number of hydrogen-bond donors (Lipinski definition) is 1. The summed E-state index contributed by atoms with van der Waals surface area (Å²) < 4.78 is 13.1. The minimum Gasteiger partial charge on any atom is -0.396 e. The van der Waals surface area contributed by atoms with Crippen LogP contribution in [0.4, 0.5) is 4.39 Å². The van der Waals surface area contributed by atoms with Crippen LogP contribution in [0, 0.1) is 11.7 Å². The molecule has 1 aliphatic rings. The molecule has 1 aliphatic heterocycles. The molecule has 0 bridgehead atoms. The van der Waals surface area contributed by atoms with Crippen molar-refractivity contribution in [3.05, 3.63) is 35.6 Å². The lowest BCUT2D eigenvalue weighted by molar-refractivity contribution is -0.134. The molecular formula is C19H29FN2O2. The number of hydrogen-bond acceptors (Lipinski definition) is 3. The Morgan fingerprint density at radius 1 is 1.25 bits per heavy atom. The van der Waals surface area contributed by atoms with Gasteiger partial charge in [-0.3, -0.25) is 4.79 Å². The molecule has 1 heterocycles. The van der Waals surface area contributed by atoms with Gasteiger partial charge in [0.05, 0.1) is 0 Å². The maximum absolute atomic E-state index is 13.1. The van der Waals surface area contributed by atoms with E-state index >= 15 is 0 Å². The molecule has 1 aromatic carbocycles. The quantitative estimate of drug-likeness (QED) is 0.779. The number of unbranched alkanes of at least 4 members (excludes halogenated alkanes) is 1. The largest absolute Gasteiger partial charge is 0.396 e. The van der Waals surface area contributed by atoms with Gasteiger partial charge in [-0.25, -0.2) is 4.39 Å². The van der Waals surface area contributed by atoms with E-state index in [0.29, 0.717) is 18.9 Å². The lowest BCUT2D eigenvalue weighted by atomic mass is 10.0. The Bertz CT molecular complexity index is 519. The molecule has 1 aromatic rings. The first-order valence-electron chi connectivity index (χ1n) is 8.88. The molecular weight excluding hydrogens is 307 g/mol. The summed E-state index contributed by atoms with van der Waals surface area (Å²) >= 11 is 0. The minimum atomic E-state index is -0.253. The minimum absolute atomic E-state index is 0.152. The smallest absolute Gasteiger partial charge is 0.224 e. The molecule has 1 saturated heterocycles. The van der Waals surface area contributed by atoms with Crippen LogP contribution in [-0.4, -0.2) is 53.1 Å². The molecule has 1 N–H and O–H groups in total. The van der Waals surface area contributed by atoms with Crippen LogP contribution in [0.5, 0.6) is 0 Å². The molecule has 134 valence electrons. The second kappa shape index (κ2) is 9.14. The van der Waals surface area contributed by atoms with Gasteiger partial charge in [-0.2, -0.15) is 0 Å². The molecule has 1 amide bonds. The van der Waals surface area contributed by atoms with Crippen molar-refractivity contribution >= 4 is 5.91 Å². The van der Waals surface area contributed by atoms with Crippen molar-refractivity contribution in [2.45, 2.75) is 45.7 Å². The predicted molar refractivity (Wildman–Crippen MR) is 93.0 cm³/mol. The molecule has 1 atom stereocenters. The number of halogens is 1. The van der Waals surface area contributed by atoms with Crippen molar-refractivity contribution < 1.29 is 14.3 Å². The average Bonchev–Trinajstić information content (AvgIpc) is 2.70. The number of benzene rings is 1. The fourth-order valence-electron chi connectivity index (χ4n) is 3.25. The van der Waals surface area contributed by atoms with E-state index in [0.717, 1.165) is 38.0 Å². The van der Waals surface area contributed by atoms with Gasteiger partial charge in [-0.15, -0.1) is 0 Å². The third kappa shape index (κ3) is 5.28. The van der Waals surface area contributed by atoms with Crippen LogP contribution in [0.1, 0.15) is 38.7 Å². The number of carbonyl (C=O) groups is 1. The SMILES string of the molecule is CC(C)C1CN(CCCCO)CCC(=O)N1Cc1ccc(F)cc1. The maximum Gasteiger partial charge on any atom is 0.224 e. The molecule has 0 radical (unpaired) electrons. The Hall–Kier alpha value is -1.46. The fraction of sp³-hybridized carbons (Fsp3) is 0.632. The Kier molecular flexibility index (Phi) is 7.18. The van der Waals surface area contributed by atoms with E-state index in [2.05, 4.69) is 18.7 Å². The highest BCUT2D eigenvalue weighted by atomic mass is 19.1. The van der Waals surface area contributed by atoms with Gasteiger partial charge in [-0.1, -0.05) is 26.0 Å². The Balaban J connectivity index is 2.09. The first-order valence-corrected chi connectivity index (χ1v) is 8.88. The summed E-state index contributed by atoms with van der Waals surface area (Å²) in [4.78, 5) is 17.0. The Morgan fingerprint density at radius 3 is 2.58 bits per heavy atom. The summed E-state index contributed by atoms with van der Waals surface area (Å²) in [6.45, 7) is 7.59. The van der Waals surface area contributed by atoms with Gasteiger partial charge in [0, 0.05) is 38.7 Å². The van der Waals surface area contributed by atoms with Gasteiger partial charge >= 0.3 is 0 Å². The predicted octanol–water partition coefficient (Wildman–Crippen LogP) is 2.66. The molecule has 0 aromatic heterocycles. The van der Waals surface area contributed by atoms with E-state index in [1.807, 2.05) is 4.90 Å². The van der Waals surface area contributed by atoms with Crippen LogP contribution >= 0.6 is 0 Å². The van der Waals surface area contributed by atoms with E-state index in [1.54, 1.807) is 12.1 Å². The van der Waals surface area contributed by atoms with Gasteiger partial charge in [-0.05, 0) is 43.0 Å². The topological polar surface area (TPSA) is 43.8 Å². The van der Waals surface area contributed by atoms with Crippen molar-refractivity contribution in [1.82, 2.24) is 9.80 Å². The molecule has 0 spiro atoms. The normalized spacial score (nSPS) is 19.8. The van der Waals surface area contributed by atoms with E-state index in [1.165, 1.54) is 12.1 Å². The van der Waals surface area contributed by atoms with Crippen LogP contribution in [0.15, 0.2) is 24.3 Å². The highest BCUT2D eigenvalue weighted by Gasteiger charge is 2.31. The molecule has 5 heteroatoms. The van der Waals surface area contributed by atoms with E-state index in [9.17, 15) is 9.18 Å². The third-order valence-electron chi connectivity index (χ3n) is 4.73. The number of aliphatic hydroxyl groups excluding tert-OH is 1. The molecule has 1 fully saturated rings. The standard InChI is InChI=1S/C19H29FN2O2/c1-15(2)18-14-21(10-3-4-12-23)11-9-19(24)22(18)13-16-5-7-17(20)8-6-16/h5-8,15,18,23H,3-4,9-14H2,1-2H3. The number of nitrogens with zero attached hydrogens (tertiary/aromatic N) is 2. The summed E-state index contributed by atoms with van der Waals surface area (Å²) in [6.07, 6.45) is 2.27. The second-order valence-corrected chi connectivity index (χ2v) is 6.94. The zero-order chi connectivity index (χ0) is 17.5. The van der Waals surface area contributed by atoms with Gasteiger partial charge in [0.1, 0.15) is 5.82 Å². The molecule has 0 aliphatic carbocycles. The van der Waals surface area contributed by atoms with Crippen molar-refractivity contribution in [3.8, 4) is 0 Å². The van der Waals surface area contributed by atoms with E-state index in [-0.39, 0.29) is 24.4 Å². The Morgan fingerprint density at radius 2 is 1.96 bits per heavy atom. The Labute approximate surface area is 144 Å². The summed E-state index contributed by atoms with van der Waals surface area (Å²) in [5, 5.41) is 8.95. The van der Waals surface area contributed by atoms with E-state index in [4.69, 9.17) is 5.11 Å². The number of aliphatic hydroxyl groups is 1. The summed E-state index contributed by atoms with van der Waals surface area (Å²) in [7, 11) is 0. The lowest BCUT2D eigenvalue weighted by Gasteiger charge is -2.35. The molecule has 4 nitrogen and oxygen atoms in total. The van der Waals surface area contributed by atoms with Crippen molar-refractivity contribution in [3.63, 3.8) is 0 Å². The first kappa shape index (κ1) is 18.9. The fourth-order valence-corrected chi connectivity index (χ4v) is 3.25. The van der Waals surface area contributed by atoms with Crippen molar-refractivity contribution in [1.29, 1.82) is 0 Å².